The molecule has 136 valence electrons. The van der Waals surface area contributed by atoms with Crippen molar-refractivity contribution < 1.29 is 14.7 Å². The number of carboxylic acids is 1. The molecule has 1 aliphatic rings. The van der Waals surface area contributed by atoms with Crippen LogP contribution in [0.4, 0.5) is 5.69 Å². The summed E-state index contributed by atoms with van der Waals surface area (Å²) < 4.78 is 1.53. The van der Waals surface area contributed by atoms with Crippen LogP contribution in [0.2, 0.25) is 0 Å². The molecule has 1 amide bonds. The summed E-state index contributed by atoms with van der Waals surface area (Å²) in [6.45, 7) is 3.93. The third-order valence-corrected chi connectivity index (χ3v) is 4.95. The number of amides is 1. The summed E-state index contributed by atoms with van der Waals surface area (Å²) in [7, 11) is 0. The summed E-state index contributed by atoms with van der Waals surface area (Å²) in [5, 5.41) is 12.9. The first-order valence-electron chi connectivity index (χ1n) is 8.83. The zero-order valence-corrected chi connectivity index (χ0v) is 14.5. The number of carboxylic acid groups (broad SMARTS) is 1. The van der Waals surface area contributed by atoms with Crippen LogP contribution in [0, 0.1) is 5.92 Å². The lowest BCUT2D eigenvalue weighted by atomic mass is 9.89. The SMILES string of the molecule is C=CC(=O)Nc1ccc2c(=O)n(CC3CCCCC3)cc(C(=O)O)c2c1. The number of aromatic nitrogens is 1. The van der Waals surface area contributed by atoms with Crippen LogP contribution in [0.25, 0.3) is 10.8 Å². The van der Waals surface area contributed by atoms with E-state index < -0.39 is 11.9 Å². The molecule has 0 radical (unpaired) electrons. The third-order valence-electron chi connectivity index (χ3n) is 4.95. The molecule has 1 saturated carbocycles. The van der Waals surface area contributed by atoms with E-state index in [4.69, 9.17) is 0 Å². The van der Waals surface area contributed by atoms with Crippen molar-refractivity contribution in [1.82, 2.24) is 4.57 Å². The van der Waals surface area contributed by atoms with Crippen molar-refractivity contribution >= 4 is 28.3 Å². The number of rotatable bonds is 5. The smallest absolute Gasteiger partial charge is 0.337 e. The van der Waals surface area contributed by atoms with Crippen LogP contribution in [0.3, 0.4) is 0 Å². The summed E-state index contributed by atoms with van der Waals surface area (Å²) in [6, 6.07) is 4.69. The molecule has 0 atom stereocenters. The van der Waals surface area contributed by atoms with Crippen molar-refractivity contribution in [1.29, 1.82) is 0 Å². The second kappa shape index (κ2) is 7.56. The highest BCUT2D eigenvalue weighted by Gasteiger charge is 2.19. The molecular formula is C20H22N2O4. The van der Waals surface area contributed by atoms with Gasteiger partial charge in [-0.3, -0.25) is 9.59 Å². The molecule has 2 N–H and O–H groups in total. The van der Waals surface area contributed by atoms with Gasteiger partial charge in [-0.05, 0) is 43.0 Å². The third kappa shape index (κ3) is 3.69. The van der Waals surface area contributed by atoms with Gasteiger partial charge in [0.25, 0.3) is 5.56 Å². The molecule has 1 aliphatic carbocycles. The van der Waals surface area contributed by atoms with E-state index in [9.17, 15) is 19.5 Å². The number of carbonyl (C=O) groups is 2. The molecule has 3 rings (SSSR count). The van der Waals surface area contributed by atoms with E-state index in [-0.39, 0.29) is 11.1 Å². The van der Waals surface area contributed by atoms with Gasteiger partial charge in [-0.25, -0.2) is 4.79 Å². The first-order valence-corrected chi connectivity index (χ1v) is 8.83. The number of hydrogen-bond donors (Lipinski definition) is 2. The highest BCUT2D eigenvalue weighted by atomic mass is 16.4. The molecule has 26 heavy (non-hydrogen) atoms. The minimum absolute atomic E-state index is 0.0603. The van der Waals surface area contributed by atoms with E-state index >= 15 is 0 Å². The first kappa shape index (κ1) is 17.9. The number of anilines is 1. The Hall–Kier alpha value is -2.89. The molecule has 0 unspecified atom stereocenters. The number of hydrogen-bond acceptors (Lipinski definition) is 3. The van der Waals surface area contributed by atoms with Crippen LogP contribution in [-0.2, 0) is 11.3 Å². The minimum atomic E-state index is -1.10. The summed E-state index contributed by atoms with van der Waals surface area (Å²) in [5.41, 5.74) is 0.289. The fraction of sp³-hybridized carbons (Fsp3) is 0.350. The molecule has 1 aromatic carbocycles. The van der Waals surface area contributed by atoms with Crippen molar-refractivity contribution in [2.75, 3.05) is 5.32 Å². The Bertz CT molecular complexity index is 923. The second-order valence-corrected chi connectivity index (χ2v) is 6.76. The van der Waals surface area contributed by atoms with Crippen LogP contribution >= 0.6 is 0 Å². The van der Waals surface area contributed by atoms with Crippen molar-refractivity contribution in [3.8, 4) is 0 Å². The maximum Gasteiger partial charge on any atom is 0.337 e. The highest BCUT2D eigenvalue weighted by molar-refractivity contribution is 6.06. The second-order valence-electron chi connectivity index (χ2n) is 6.76. The maximum atomic E-state index is 12.8. The van der Waals surface area contributed by atoms with Gasteiger partial charge in [0.15, 0.2) is 0 Å². The van der Waals surface area contributed by atoms with Crippen molar-refractivity contribution in [2.45, 2.75) is 38.6 Å². The predicted molar refractivity (Wildman–Crippen MR) is 101 cm³/mol. The standard InChI is InChI=1S/C20H22N2O4/c1-2-18(23)21-14-8-9-15-16(10-14)17(20(25)26)12-22(19(15)24)11-13-6-4-3-5-7-13/h2,8-10,12-13H,1,3-7,11H2,(H,21,23)(H,25,26). The van der Waals surface area contributed by atoms with Crippen LogP contribution in [0.1, 0.15) is 42.5 Å². The van der Waals surface area contributed by atoms with E-state index in [0.29, 0.717) is 28.9 Å². The summed E-state index contributed by atoms with van der Waals surface area (Å²) in [6.07, 6.45) is 8.24. The Labute approximate surface area is 151 Å². The Kier molecular flexibility index (Phi) is 5.21. The van der Waals surface area contributed by atoms with Gasteiger partial charge in [0.2, 0.25) is 5.91 Å². The molecule has 6 nitrogen and oxygen atoms in total. The molecule has 0 bridgehead atoms. The Morgan fingerprint density at radius 2 is 1.96 bits per heavy atom. The van der Waals surface area contributed by atoms with Gasteiger partial charge < -0.3 is 15.0 Å². The number of pyridine rings is 1. The van der Waals surface area contributed by atoms with Gasteiger partial charge in [-0.1, -0.05) is 25.8 Å². The van der Waals surface area contributed by atoms with Gasteiger partial charge in [0.05, 0.1) is 5.56 Å². The Morgan fingerprint density at radius 3 is 2.62 bits per heavy atom. The highest BCUT2D eigenvalue weighted by Crippen LogP contribution is 2.26. The van der Waals surface area contributed by atoms with Gasteiger partial charge in [-0.15, -0.1) is 0 Å². The topological polar surface area (TPSA) is 88.4 Å². The lowest BCUT2D eigenvalue weighted by Crippen LogP contribution is -2.26. The monoisotopic (exact) mass is 354 g/mol. The summed E-state index contributed by atoms with van der Waals surface area (Å²) in [5.74, 6) is -1.09. The number of benzene rings is 1. The molecular weight excluding hydrogens is 332 g/mol. The van der Waals surface area contributed by atoms with E-state index in [0.717, 1.165) is 31.8 Å². The van der Waals surface area contributed by atoms with Crippen LogP contribution < -0.4 is 10.9 Å². The van der Waals surface area contributed by atoms with Gasteiger partial charge in [0, 0.05) is 29.2 Å². The van der Waals surface area contributed by atoms with Crippen LogP contribution in [-0.4, -0.2) is 21.6 Å². The quantitative estimate of drug-likeness (QED) is 0.806. The van der Waals surface area contributed by atoms with E-state index in [1.165, 1.54) is 23.3 Å². The fourth-order valence-corrected chi connectivity index (χ4v) is 3.62. The Morgan fingerprint density at radius 1 is 1.23 bits per heavy atom. The number of carbonyl (C=O) groups excluding carboxylic acids is 1. The summed E-state index contributed by atoms with van der Waals surface area (Å²) >= 11 is 0. The molecule has 1 fully saturated rings. The molecule has 1 aromatic heterocycles. The van der Waals surface area contributed by atoms with Crippen LogP contribution in [0.15, 0.2) is 41.8 Å². The first-order chi connectivity index (χ1) is 12.5. The minimum Gasteiger partial charge on any atom is -0.478 e. The van der Waals surface area contributed by atoms with E-state index in [1.807, 2.05) is 0 Å². The normalized spacial score (nSPS) is 14.9. The van der Waals surface area contributed by atoms with Gasteiger partial charge in [0.1, 0.15) is 0 Å². The summed E-state index contributed by atoms with van der Waals surface area (Å²) in [4.78, 5) is 36.0. The zero-order chi connectivity index (χ0) is 18.7. The van der Waals surface area contributed by atoms with E-state index in [1.54, 1.807) is 12.1 Å². The van der Waals surface area contributed by atoms with Crippen molar-refractivity contribution in [3.63, 3.8) is 0 Å². The molecule has 6 heteroatoms. The van der Waals surface area contributed by atoms with Crippen molar-refractivity contribution in [3.05, 3.63) is 53.0 Å². The largest absolute Gasteiger partial charge is 0.478 e. The van der Waals surface area contributed by atoms with Gasteiger partial charge in [-0.2, -0.15) is 0 Å². The average molecular weight is 354 g/mol. The number of nitrogens with zero attached hydrogens (tertiary/aromatic N) is 1. The Balaban J connectivity index is 2.06. The predicted octanol–water partition coefficient (Wildman–Crippen LogP) is 3.40. The molecule has 2 aromatic rings. The van der Waals surface area contributed by atoms with Gasteiger partial charge >= 0.3 is 5.97 Å². The zero-order valence-electron chi connectivity index (χ0n) is 14.5. The van der Waals surface area contributed by atoms with Crippen LogP contribution in [0.5, 0.6) is 0 Å². The van der Waals surface area contributed by atoms with E-state index in [2.05, 4.69) is 11.9 Å². The lowest BCUT2D eigenvalue weighted by Gasteiger charge is -2.23. The lowest BCUT2D eigenvalue weighted by molar-refractivity contribution is -0.111. The molecule has 1 heterocycles. The maximum absolute atomic E-state index is 12.8. The number of fused-ring (bicyclic) bond motifs is 1. The molecule has 0 spiro atoms. The number of nitrogens with one attached hydrogen (secondary N) is 1. The molecule has 0 saturated heterocycles. The molecule has 0 aliphatic heterocycles. The number of aromatic carboxylic acids is 1. The van der Waals surface area contributed by atoms with Crippen molar-refractivity contribution in [2.24, 2.45) is 5.92 Å². The average Bonchev–Trinajstić information content (AvgIpc) is 2.64. The fourth-order valence-electron chi connectivity index (χ4n) is 3.62.